The highest BCUT2D eigenvalue weighted by atomic mass is 35.5. The lowest BCUT2D eigenvalue weighted by Gasteiger charge is -2.29. The van der Waals surface area contributed by atoms with E-state index in [4.69, 9.17) is 11.6 Å². The second-order valence-electron chi connectivity index (χ2n) is 8.49. The number of hydrogen-bond acceptors (Lipinski definition) is 5. The van der Waals surface area contributed by atoms with E-state index in [1.165, 1.54) is 0 Å². The molecule has 1 unspecified atom stereocenters. The van der Waals surface area contributed by atoms with Gasteiger partial charge in [-0.1, -0.05) is 41.1 Å². The summed E-state index contributed by atoms with van der Waals surface area (Å²) in [4.78, 5) is 30.2. The number of para-hydroxylation sites is 1. The van der Waals surface area contributed by atoms with Crippen LogP contribution in [-0.4, -0.2) is 51.8 Å². The van der Waals surface area contributed by atoms with Crippen LogP contribution in [-0.2, 0) is 22.7 Å². The zero-order chi connectivity index (χ0) is 24.9. The Bertz CT molecular complexity index is 1320. The van der Waals surface area contributed by atoms with Gasteiger partial charge in [0.15, 0.2) is 0 Å². The van der Waals surface area contributed by atoms with Crippen molar-refractivity contribution >= 4 is 45.8 Å². The van der Waals surface area contributed by atoms with Crippen LogP contribution in [0.3, 0.4) is 0 Å². The molecule has 0 bridgehead atoms. The van der Waals surface area contributed by atoms with E-state index in [1.54, 1.807) is 28.6 Å². The summed E-state index contributed by atoms with van der Waals surface area (Å²) < 4.78 is 1.55. The lowest BCUT2D eigenvalue weighted by atomic mass is 10.1. The van der Waals surface area contributed by atoms with Gasteiger partial charge in [-0.05, 0) is 61.0 Å². The minimum atomic E-state index is -0.735. The standard InChI is InChI=1S/C26H27ClN6O2/c1-18(26(35)28-21-12-14-22(15-13-21)31(2)3)32(16-19-8-10-20(27)11-9-19)25(34)17-33-24-7-5-4-6-23(24)29-30-33/h4-15,18H,16-17H2,1-3H3,(H,28,35). The van der Waals surface area contributed by atoms with Gasteiger partial charge >= 0.3 is 0 Å². The van der Waals surface area contributed by atoms with Gasteiger partial charge in [0.2, 0.25) is 11.8 Å². The van der Waals surface area contributed by atoms with Crippen molar-refractivity contribution in [2.75, 3.05) is 24.3 Å². The number of fused-ring (bicyclic) bond motifs is 1. The van der Waals surface area contributed by atoms with E-state index >= 15 is 0 Å². The molecule has 8 nitrogen and oxygen atoms in total. The topological polar surface area (TPSA) is 83.4 Å². The van der Waals surface area contributed by atoms with Crippen molar-refractivity contribution < 1.29 is 9.59 Å². The maximum Gasteiger partial charge on any atom is 0.246 e. The SMILES string of the molecule is CC(C(=O)Nc1ccc(N(C)C)cc1)N(Cc1ccc(Cl)cc1)C(=O)Cn1nnc2ccccc21. The van der Waals surface area contributed by atoms with Crippen LogP contribution in [0.5, 0.6) is 0 Å². The lowest BCUT2D eigenvalue weighted by Crippen LogP contribution is -2.46. The van der Waals surface area contributed by atoms with Crippen LogP contribution in [0.15, 0.2) is 72.8 Å². The number of carbonyl (C=O) groups is 2. The van der Waals surface area contributed by atoms with Crippen molar-refractivity contribution in [2.24, 2.45) is 0 Å². The molecule has 0 spiro atoms. The van der Waals surface area contributed by atoms with Crippen LogP contribution in [0.25, 0.3) is 11.0 Å². The number of aromatic nitrogens is 3. The maximum atomic E-state index is 13.5. The molecule has 180 valence electrons. The van der Waals surface area contributed by atoms with E-state index in [9.17, 15) is 9.59 Å². The molecule has 4 rings (SSSR count). The quantitative estimate of drug-likeness (QED) is 0.400. The van der Waals surface area contributed by atoms with Crippen molar-refractivity contribution in [3.05, 3.63) is 83.4 Å². The number of anilines is 2. The van der Waals surface area contributed by atoms with Gasteiger partial charge < -0.3 is 15.1 Å². The molecule has 0 aliphatic carbocycles. The summed E-state index contributed by atoms with van der Waals surface area (Å²) in [5, 5.41) is 11.8. The molecule has 0 radical (unpaired) electrons. The third-order valence-electron chi connectivity index (χ3n) is 5.79. The highest BCUT2D eigenvalue weighted by Crippen LogP contribution is 2.19. The Labute approximate surface area is 209 Å². The highest BCUT2D eigenvalue weighted by Gasteiger charge is 2.27. The number of nitrogens with zero attached hydrogens (tertiary/aromatic N) is 5. The molecule has 0 fully saturated rings. The predicted octanol–water partition coefficient (Wildman–Crippen LogP) is 4.21. The second kappa shape index (κ2) is 10.6. The molecule has 1 N–H and O–H groups in total. The normalized spacial score (nSPS) is 11.8. The summed E-state index contributed by atoms with van der Waals surface area (Å²) in [5.74, 6) is -0.533. The Morgan fingerprint density at radius 1 is 1.00 bits per heavy atom. The van der Waals surface area contributed by atoms with Gasteiger partial charge in [0.25, 0.3) is 0 Å². The number of halogens is 1. The third-order valence-corrected chi connectivity index (χ3v) is 6.04. The summed E-state index contributed by atoms with van der Waals surface area (Å²) in [6, 6.07) is 21.5. The fourth-order valence-corrected chi connectivity index (χ4v) is 3.84. The van der Waals surface area contributed by atoms with Crippen molar-refractivity contribution in [3.63, 3.8) is 0 Å². The summed E-state index contributed by atoms with van der Waals surface area (Å²) >= 11 is 6.03. The first-order chi connectivity index (χ1) is 16.8. The number of rotatable bonds is 8. The third kappa shape index (κ3) is 5.78. The molecule has 0 saturated heterocycles. The van der Waals surface area contributed by atoms with Crippen molar-refractivity contribution in [1.29, 1.82) is 0 Å². The lowest BCUT2D eigenvalue weighted by molar-refractivity contribution is -0.139. The Morgan fingerprint density at radius 3 is 2.37 bits per heavy atom. The van der Waals surface area contributed by atoms with Crippen LogP contribution in [0.2, 0.25) is 5.02 Å². The summed E-state index contributed by atoms with van der Waals surface area (Å²) in [5.41, 5.74) is 4.01. The second-order valence-corrected chi connectivity index (χ2v) is 8.93. The van der Waals surface area contributed by atoms with Crippen LogP contribution >= 0.6 is 11.6 Å². The summed E-state index contributed by atoms with van der Waals surface area (Å²) in [7, 11) is 3.91. The summed E-state index contributed by atoms with van der Waals surface area (Å²) in [6.45, 7) is 1.93. The van der Waals surface area contributed by atoms with Crippen LogP contribution < -0.4 is 10.2 Å². The molecule has 0 aliphatic heterocycles. The highest BCUT2D eigenvalue weighted by molar-refractivity contribution is 6.30. The number of nitrogens with one attached hydrogen (secondary N) is 1. The largest absolute Gasteiger partial charge is 0.378 e. The van der Waals surface area contributed by atoms with Crippen LogP contribution in [0, 0.1) is 0 Å². The predicted molar refractivity (Wildman–Crippen MR) is 138 cm³/mol. The molecule has 35 heavy (non-hydrogen) atoms. The molecule has 1 heterocycles. The molecule has 0 saturated carbocycles. The zero-order valence-electron chi connectivity index (χ0n) is 19.9. The zero-order valence-corrected chi connectivity index (χ0v) is 20.6. The van der Waals surface area contributed by atoms with Crippen LogP contribution in [0.1, 0.15) is 12.5 Å². The first-order valence-electron chi connectivity index (χ1n) is 11.2. The van der Waals surface area contributed by atoms with E-state index in [-0.39, 0.29) is 24.9 Å². The van der Waals surface area contributed by atoms with Gasteiger partial charge in [-0.15, -0.1) is 5.10 Å². The smallest absolute Gasteiger partial charge is 0.246 e. The molecular weight excluding hydrogens is 464 g/mol. The molecule has 2 amide bonds. The minimum Gasteiger partial charge on any atom is -0.378 e. The van der Waals surface area contributed by atoms with Gasteiger partial charge in [0, 0.05) is 37.0 Å². The fraction of sp³-hybridized carbons (Fsp3) is 0.231. The molecular formula is C26H27ClN6O2. The average molecular weight is 491 g/mol. The molecule has 0 aliphatic rings. The number of carbonyl (C=O) groups excluding carboxylic acids is 2. The number of amides is 2. The Morgan fingerprint density at radius 2 is 1.69 bits per heavy atom. The molecule has 1 atom stereocenters. The molecule has 4 aromatic rings. The minimum absolute atomic E-state index is 0.0384. The van der Waals surface area contributed by atoms with Gasteiger partial charge in [-0.3, -0.25) is 9.59 Å². The van der Waals surface area contributed by atoms with E-state index in [2.05, 4.69) is 15.6 Å². The first-order valence-corrected chi connectivity index (χ1v) is 11.6. The van der Waals surface area contributed by atoms with Crippen molar-refractivity contribution in [2.45, 2.75) is 26.1 Å². The number of benzene rings is 3. The average Bonchev–Trinajstić information content (AvgIpc) is 3.26. The molecule has 9 heteroatoms. The van der Waals surface area contributed by atoms with Gasteiger partial charge in [0.1, 0.15) is 18.1 Å². The van der Waals surface area contributed by atoms with Crippen molar-refractivity contribution in [3.8, 4) is 0 Å². The number of hydrogen-bond donors (Lipinski definition) is 1. The fourth-order valence-electron chi connectivity index (χ4n) is 3.71. The van der Waals surface area contributed by atoms with E-state index in [0.29, 0.717) is 16.2 Å². The van der Waals surface area contributed by atoms with E-state index in [1.807, 2.05) is 79.7 Å². The van der Waals surface area contributed by atoms with Gasteiger partial charge in [0.05, 0.1) is 5.52 Å². The molecule has 3 aromatic carbocycles. The first kappa shape index (κ1) is 24.2. The Balaban J connectivity index is 1.55. The monoisotopic (exact) mass is 490 g/mol. The van der Waals surface area contributed by atoms with Crippen LogP contribution in [0.4, 0.5) is 11.4 Å². The Kier molecular flexibility index (Phi) is 7.31. The van der Waals surface area contributed by atoms with Crippen molar-refractivity contribution in [1.82, 2.24) is 19.9 Å². The summed E-state index contributed by atoms with van der Waals surface area (Å²) in [6.07, 6.45) is 0. The van der Waals surface area contributed by atoms with E-state index in [0.717, 1.165) is 16.8 Å². The van der Waals surface area contributed by atoms with E-state index < -0.39 is 6.04 Å². The Hall–Kier alpha value is -3.91. The van der Waals surface area contributed by atoms with Gasteiger partial charge in [-0.25, -0.2) is 4.68 Å². The molecule has 1 aromatic heterocycles. The van der Waals surface area contributed by atoms with Gasteiger partial charge in [-0.2, -0.15) is 0 Å². The maximum absolute atomic E-state index is 13.5.